The van der Waals surface area contributed by atoms with Crippen LogP contribution >= 0.6 is 0 Å². The van der Waals surface area contributed by atoms with Gasteiger partial charge in [-0.15, -0.1) is 0 Å². The molecule has 0 atom stereocenters. The van der Waals surface area contributed by atoms with Crippen LogP contribution in [0.1, 0.15) is 0 Å². The Balaban J connectivity index is 1.08. The van der Waals surface area contributed by atoms with Crippen LogP contribution in [0.25, 0.3) is 121 Å². The molecule has 250 valence electrons. The Hall–Kier alpha value is -7.16. The fraction of sp³-hybridized carbons (Fsp3) is 0. The molecule has 2 nitrogen and oxygen atoms in total. The first-order valence-corrected chi connectivity index (χ1v) is 18.5. The van der Waals surface area contributed by atoms with Crippen LogP contribution in [-0.2, 0) is 0 Å². The predicted octanol–water partition coefficient (Wildman–Crippen LogP) is 15.1. The molecule has 0 aliphatic carbocycles. The molecule has 54 heavy (non-hydrogen) atoms. The lowest BCUT2D eigenvalue weighted by Crippen LogP contribution is -1.91. The van der Waals surface area contributed by atoms with E-state index in [9.17, 15) is 0 Å². The summed E-state index contributed by atoms with van der Waals surface area (Å²) in [5.74, 6) is 0. The highest BCUT2D eigenvalue weighted by atomic mass is 16.3. The second kappa shape index (κ2) is 11.2. The van der Waals surface area contributed by atoms with Crippen molar-refractivity contribution in [2.24, 2.45) is 0 Å². The van der Waals surface area contributed by atoms with Crippen molar-refractivity contribution in [2.45, 2.75) is 0 Å². The molecule has 12 rings (SSSR count). The molecule has 0 aliphatic rings. The maximum Gasteiger partial charge on any atom is 0.136 e. The first kappa shape index (κ1) is 29.4. The van der Waals surface area contributed by atoms with Crippen molar-refractivity contribution in [1.82, 2.24) is 0 Å². The molecule has 0 fully saturated rings. The third kappa shape index (κ3) is 4.28. The highest BCUT2D eigenvalue weighted by Gasteiger charge is 2.19. The molecule has 12 aromatic rings. The Bertz CT molecular complexity index is 3360. The Morgan fingerprint density at radius 1 is 0.241 bits per heavy atom. The first-order valence-electron chi connectivity index (χ1n) is 18.5. The number of hydrogen-bond donors (Lipinski definition) is 0. The van der Waals surface area contributed by atoms with Gasteiger partial charge in [-0.25, -0.2) is 0 Å². The number of para-hydroxylation sites is 1. The van der Waals surface area contributed by atoms with Crippen molar-refractivity contribution < 1.29 is 8.83 Å². The average Bonchev–Trinajstić information content (AvgIpc) is 3.81. The standard InChI is InChI=1S/C52H30O2/c1-3-9-31(10-4-1)36-27-37(32-11-5-2-6-12-32)29-38(28-36)40-21-16-34-17-22-41-39(20-15-33-18-23-42(40)50(34)49(33)41)35-19-24-46-44(30-35)52-48(54-46)26-25-47-51(52)43-13-7-8-14-45(43)53-47/h1-30H. The third-order valence-corrected chi connectivity index (χ3v) is 11.4. The van der Waals surface area contributed by atoms with Gasteiger partial charge in [0.25, 0.3) is 0 Å². The summed E-state index contributed by atoms with van der Waals surface area (Å²) < 4.78 is 12.7. The molecule has 0 N–H and O–H groups in total. The molecular formula is C52H30O2. The predicted molar refractivity (Wildman–Crippen MR) is 226 cm³/mol. The molecular weight excluding hydrogens is 657 g/mol. The van der Waals surface area contributed by atoms with Gasteiger partial charge in [0, 0.05) is 21.5 Å². The van der Waals surface area contributed by atoms with Crippen LogP contribution in [0, 0.1) is 0 Å². The topological polar surface area (TPSA) is 26.3 Å². The number of rotatable bonds is 4. The van der Waals surface area contributed by atoms with E-state index in [1.54, 1.807) is 0 Å². The van der Waals surface area contributed by atoms with E-state index in [2.05, 4.69) is 158 Å². The number of fused-ring (bicyclic) bond motifs is 7. The molecule has 2 aromatic heterocycles. The van der Waals surface area contributed by atoms with Gasteiger partial charge in [0.1, 0.15) is 22.3 Å². The van der Waals surface area contributed by atoms with E-state index < -0.39 is 0 Å². The maximum absolute atomic E-state index is 6.44. The normalized spacial score (nSPS) is 12.1. The number of benzene rings is 10. The summed E-state index contributed by atoms with van der Waals surface area (Å²) >= 11 is 0. The summed E-state index contributed by atoms with van der Waals surface area (Å²) in [6, 6.07) is 65.8. The third-order valence-electron chi connectivity index (χ3n) is 11.4. The van der Waals surface area contributed by atoms with E-state index in [1.165, 1.54) is 71.3 Å². The summed E-state index contributed by atoms with van der Waals surface area (Å²) in [5, 5.41) is 12.0. The quantitative estimate of drug-likeness (QED) is 0.172. The van der Waals surface area contributed by atoms with Crippen LogP contribution in [0.2, 0.25) is 0 Å². The highest BCUT2D eigenvalue weighted by Crippen LogP contribution is 2.45. The molecule has 0 saturated heterocycles. The molecule has 2 heteroatoms. The monoisotopic (exact) mass is 686 g/mol. The SMILES string of the molecule is c1ccc(-c2cc(-c3ccccc3)cc(-c3ccc4ccc5c(-c6ccc7oc8ccc9oc%10ccccc%10c9c8c7c6)ccc6ccc3c4c65)c2)cc1. The first-order chi connectivity index (χ1) is 26.7. The largest absolute Gasteiger partial charge is 0.456 e. The number of hydrogen-bond acceptors (Lipinski definition) is 2. The van der Waals surface area contributed by atoms with E-state index in [4.69, 9.17) is 8.83 Å². The summed E-state index contributed by atoms with van der Waals surface area (Å²) in [4.78, 5) is 0. The molecule has 0 spiro atoms. The average molecular weight is 687 g/mol. The molecule has 0 saturated carbocycles. The van der Waals surface area contributed by atoms with Gasteiger partial charge in [0.15, 0.2) is 0 Å². The lowest BCUT2D eigenvalue weighted by Gasteiger charge is -2.17. The Kier molecular flexibility index (Phi) is 6.09. The van der Waals surface area contributed by atoms with Crippen LogP contribution < -0.4 is 0 Å². The van der Waals surface area contributed by atoms with Crippen LogP contribution in [0.15, 0.2) is 191 Å². The highest BCUT2D eigenvalue weighted by molar-refractivity contribution is 6.29. The van der Waals surface area contributed by atoms with Crippen molar-refractivity contribution in [1.29, 1.82) is 0 Å². The van der Waals surface area contributed by atoms with Crippen molar-refractivity contribution in [3.63, 3.8) is 0 Å². The Morgan fingerprint density at radius 2 is 0.722 bits per heavy atom. The Morgan fingerprint density at radius 3 is 1.35 bits per heavy atom. The summed E-state index contributed by atoms with van der Waals surface area (Å²) in [6.07, 6.45) is 0. The van der Waals surface area contributed by atoms with Crippen molar-refractivity contribution in [3.05, 3.63) is 182 Å². The van der Waals surface area contributed by atoms with Gasteiger partial charge in [-0.05, 0) is 125 Å². The van der Waals surface area contributed by atoms with Crippen molar-refractivity contribution >= 4 is 76.2 Å². The van der Waals surface area contributed by atoms with Gasteiger partial charge in [-0.1, -0.05) is 133 Å². The molecule has 10 aromatic carbocycles. The minimum Gasteiger partial charge on any atom is -0.456 e. The number of furan rings is 2. The lowest BCUT2D eigenvalue weighted by atomic mass is 9.86. The van der Waals surface area contributed by atoms with E-state index >= 15 is 0 Å². The molecule has 0 unspecified atom stereocenters. The molecule has 0 bridgehead atoms. The molecule has 2 heterocycles. The second-order valence-electron chi connectivity index (χ2n) is 14.4. The molecule has 0 amide bonds. The van der Waals surface area contributed by atoms with E-state index in [0.29, 0.717) is 0 Å². The van der Waals surface area contributed by atoms with Crippen molar-refractivity contribution in [2.75, 3.05) is 0 Å². The van der Waals surface area contributed by atoms with Crippen LogP contribution in [-0.4, -0.2) is 0 Å². The zero-order valence-electron chi connectivity index (χ0n) is 29.1. The minimum absolute atomic E-state index is 0.871. The maximum atomic E-state index is 6.44. The van der Waals surface area contributed by atoms with Crippen LogP contribution in [0.5, 0.6) is 0 Å². The zero-order valence-corrected chi connectivity index (χ0v) is 29.1. The fourth-order valence-electron chi connectivity index (χ4n) is 8.93. The zero-order chi connectivity index (χ0) is 35.3. The summed E-state index contributed by atoms with van der Waals surface area (Å²) in [6.45, 7) is 0. The smallest absolute Gasteiger partial charge is 0.136 e. The van der Waals surface area contributed by atoms with Gasteiger partial charge >= 0.3 is 0 Å². The van der Waals surface area contributed by atoms with Crippen LogP contribution in [0.3, 0.4) is 0 Å². The van der Waals surface area contributed by atoms with Crippen LogP contribution in [0.4, 0.5) is 0 Å². The van der Waals surface area contributed by atoms with E-state index in [-0.39, 0.29) is 0 Å². The van der Waals surface area contributed by atoms with Gasteiger partial charge in [0.2, 0.25) is 0 Å². The van der Waals surface area contributed by atoms with E-state index in [1.807, 2.05) is 24.3 Å². The molecule has 0 radical (unpaired) electrons. The fourth-order valence-corrected chi connectivity index (χ4v) is 8.93. The van der Waals surface area contributed by atoms with Gasteiger partial charge in [-0.2, -0.15) is 0 Å². The van der Waals surface area contributed by atoms with Gasteiger partial charge in [-0.3, -0.25) is 0 Å². The van der Waals surface area contributed by atoms with Gasteiger partial charge < -0.3 is 8.83 Å². The van der Waals surface area contributed by atoms with Gasteiger partial charge in [0.05, 0.1) is 0 Å². The van der Waals surface area contributed by atoms with E-state index in [0.717, 1.165) is 49.4 Å². The molecule has 0 aliphatic heterocycles. The summed E-state index contributed by atoms with van der Waals surface area (Å²) in [7, 11) is 0. The lowest BCUT2D eigenvalue weighted by molar-refractivity contribution is 0.663. The minimum atomic E-state index is 0.871. The Labute approximate surface area is 310 Å². The second-order valence-corrected chi connectivity index (χ2v) is 14.4. The summed E-state index contributed by atoms with van der Waals surface area (Å²) in [5.41, 5.74) is 13.2. The van der Waals surface area contributed by atoms with Crippen molar-refractivity contribution in [3.8, 4) is 44.5 Å².